The van der Waals surface area contributed by atoms with Gasteiger partial charge in [0, 0.05) is 5.69 Å². The van der Waals surface area contributed by atoms with Gasteiger partial charge in [0.2, 0.25) is 0 Å². The molecule has 0 saturated carbocycles. The van der Waals surface area contributed by atoms with Crippen LogP contribution in [0.15, 0.2) is 6.07 Å². The molecule has 0 aliphatic carbocycles. The fourth-order valence-electron chi connectivity index (χ4n) is 1.35. The van der Waals surface area contributed by atoms with Gasteiger partial charge in [-0.2, -0.15) is 13.2 Å². The van der Waals surface area contributed by atoms with Crippen LogP contribution < -0.4 is 5.73 Å². The number of nitrogens with two attached hydrogens (primary N) is 1. The number of carboxylic acid groups (broad SMARTS) is 1. The Morgan fingerprint density at radius 2 is 2.00 bits per heavy atom. The molecule has 1 rings (SSSR count). The van der Waals surface area contributed by atoms with Gasteiger partial charge in [-0.1, -0.05) is 0 Å². The minimum Gasteiger partial charge on any atom is -0.481 e. The highest BCUT2D eigenvalue weighted by Crippen LogP contribution is 2.37. The van der Waals surface area contributed by atoms with Gasteiger partial charge in [-0.3, -0.25) is 9.78 Å². The van der Waals surface area contributed by atoms with Crippen LogP contribution in [0.2, 0.25) is 0 Å². The maximum absolute atomic E-state index is 12.6. The van der Waals surface area contributed by atoms with Crippen LogP contribution in [0, 0.1) is 0 Å². The quantitative estimate of drug-likeness (QED) is 0.826. The van der Waals surface area contributed by atoms with E-state index in [2.05, 4.69) is 4.98 Å². The van der Waals surface area contributed by atoms with E-state index in [0.717, 1.165) is 0 Å². The third-order valence-corrected chi connectivity index (χ3v) is 1.97. The lowest BCUT2D eigenvalue weighted by molar-refractivity contribution is -0.139. The van der Waals surface area contributed by atoms with E-state index >= 15 is 0 Å². The maximum Gasteiger partial charge on any atom is 0.420 e. The fourth-order valence-corrected chi connectivity index (χ4v) is 1.35. The molecule has 0 unspecified atom stereocenters. The van der Waals surface area contributed by atoms with E-state index < -0.39 is 47.6 Å². The largest absolute Gasteiger partial charge is 0.481 e. The first kappa shape index (κ1) is 14.1. The first-order valence-electron chi connectivity index (χ1n) is 4.49. The van der Waals surface area contributed by atoms with Crippen LogP contribution in [-0.4, -0.2) is 16.1 Å². The zero-order valence-electron chi connectivity index (χ0n) is 8.63. The summed E-state index contributed by atoms with van der Waals surface area (Å²) in [6.07, 6.45) is -9.23. The van der Waals surface area contributed by atoms with Crippen molar-refractivity contribution in [1.82, 2.24) is 4.98 Å². The number of alkyl halides is 5. The van der Waals surface area contributed by atoms with Crippen molar-refractivity contribution in [3.05, 3.63) is 23.0 Å². The van der Waals surface area contributed by atoms with E-state index in [1.54, 1.807) is 0 Å². The molecule has 3 N–H and O–H groups in total. The lowest BCUT2D eigenvalue weighted by Crippen LogP contribution is -2.18. The average Bonchev–Trinajstić information content (AvgIpc) is 2.12. The molecule has 0 amide bonds. The molecule has 0 saturated heterocycles. The van der Waals surface area contributed by atoms with Gasteiger partial charge in [-0.05, 0) is 6.07 Å². The molecule has 9 heteroatoms. The van der Waals surface area contributed by atoms with Crippen LogP contribution in [0.1, 0.15) is 23.4 Å². The Bertz CT molecular complexity index is 473. The maximum atomic E-state index is 12.6. The molecule has 18 heavy (non-hydrogen) atoms. The van der Waals surface area contributed by atoms with E-state index in [1.807, 2.05) is 0 Å². The summed E-state index contributed by atoms with van der Waals surface area (Å²) in [5.74, 6) is -1.63. The number of aliphatic carboxylic acids is 1. The third kappa shape index (κ3) is 3.05. The lowest BCUT2D eigenvalue weighted by Gasteiger charge is -2.15. The first-order valence-corrected chi connectivity index (χ1v) is 4.49. The predicted molar refractivity (Wildman–Crippen MR) is 49.9 cm³/mol. The summed E-state index contributed by atoms with van der Waals surface area (Å²) in [4.78, 5) is 13.4. The van der Waals surface area contributed by atoms with E-state index in [0.29, 0.717) is 6.07 Å². The number of rotatable bonds is 3. The zero-order valence-corrected chi connectivity index (χ0v) is 8.63. The number of hydrogen-bond acceptors (Lipinski definition) is 3. The summed E-state index contributed by atoms with van der Waals surface area (Å²) in [6.45, 7) is 0. The third-order valence-electron chi connectivity index (χ3n) is 1.97. The number of aromatic nitrogens is 1. The number of pyridine rings is 1. The predicted octanol–water partition coefficient (Wildman–Crippen LogP) is 2.25. The Morgan fingerprint density at radius 3 is 2.39 bits per heavy atom. The van der Waals surface area contributed by atoms with Crippen LogP contribution in [0.4, 0.5) is 27.6 Å². The number of carbonyl (C=O) groups is 1. The Morgan fingerprint density at radius 1 is 1.44 bits per heavy atom. The molecule has 0 spiro atoms. The van der Waals surface area contributed by atoms with Crippen molar-refractivity contribution in [2.24, 2.45) is 0 Å². The van der Waals surface area contributed by atoms with Gasteiger partial charge in [-0.25, -0.2) is 8.78 Å². The number of hydrogen-bond donors (Lipinski definition) is 2. The second-order valence-electron chi connectivity index (χ2n) is 3.33. The Labute approximate surface area is 97.2 Å². The fraction of sp³-hybridized carbons (Fsp3) is 0.333. The molecule has 100 valence electrons. The highest BCUT2D eigenvalue weighted by atomic mass is 19.4. The van der Waals surface area contributed by atoms with E-state index in [-0.39, 0.29) is 0 Å². The summed E-state index contributed by atoms with van der Waals surface area (Å²) < 4.78 is 62.5. The number of halogens is 5. The normalized spacial score (nSPS) is 11.9. The zero-order chi connectivity index (χ0) is 14.1. The summed E-state index contributed by atoms with van der Waals surface area (Å²) in [7, 11) is 0. The molecule has 1 aromatic heterocycles. The van der Waals surface area contributed by atoms with Crippen molar-refractivity contribution in [2.75, 3.05) is 5.73 Å². The minimum atomic E-state index is -4.96. The van der Waals surface area contributed by atoms with Crippen LogP contribution in [0.25, 0.3) is 0 Å². The Kier molecular flexibility index (Phi) is 3.73. The van der Waals surface area contributed by atoms with Gasteiger partial charge in [-0.15, -0.1) is 0 Å². The second kappa shape index (κ2) is 4.75. The summed E-state index contributed by atoms with van der Waals surface area (Å²) in [5, 5.41) is 8.44. The highest BCUT2D eigenvalue weighted by molar-refractivity contribution is 5.71. The van der Waals surface area contributed by atoms with Crippen LogP contribution in [0.3, 0.4) is 0 Å². The van der Waals surface area contributed by atoms with Crippen molar-refractivity contribution >= 4 is 11.7 Å². The van der Waals surface area contributed by atoms with Crippen LogP contribution >= 0.6 is 0 Å². The summed E-state index contributed by atoms with van der Waals surface area (Å²) >= 11 is 0. The molecule has 0 bridgehead atoms. The van der Waals surface area contributed by atoms with Gasteiger partial charge in [0.25, 0.3) is 6.43 Å². The Hall–Kier alpha value is -1.93. The van der Waals surface area contributed by atoms with Crippen molar-refractivity contribution in [3.63, 3.8) is 0 Å². The van der Waals surface area contributed by atoms with Crippen molar-refractivity contribution in [1.29, 1.82) is 0 Å². The van der Waals surface area contributed by atoms with E-state index in [1.165, 1.54) is 0 Å². The monoisotopic (exact) mass is 270 g/mol. The van der Waals surface area contributed by atoms with E-state index in [9.17, 15) is 26.7 Å². The minimum absolute atomic E-state index is 0.388. The first-order chi connectivity index (χ1) is 8.12. The average molecular weight is 270 g/mol. The van der Waals surface area contributed by atoms with Crippen LogP contribution in [0.5, 0.6) is 0 Å². The SMILES string of the molecule is Nc1cc(C(F)F)nc(CC(=O)O)c1C(F)(F)F. The molecule has 0 aromatic carbocycles. The number of nitrogen functional groups attached to an aromatic ring is 1. The van der Waals surface area contributed by atoms with E-state index in [4.69, 9.17) is 10.8 Å². The lowest BCUT2D eigenvalue weighted by atomic mass is 10.1. The Balaban J connectivity index is 3.44. The molecule has 0 aliphatic heterocycles. The molecular weight excluding hydrogens is 263 g/mol. The number of nitrogens with zero attached hydrogens (tertiary/aromatic N) is 1. The van der Waals surface area contributed by atoms with Crippen LogP contribution in [-0.2, 0) is 17.4 Å². The topological polar surface area (TPSA) is 76.2 Å². The molecule has 1 heterocycles. The molecule has 0 atom stereocenters. The smallest absolute Gasteiger partial charge is 0.420 e. The van der Waals surface area contributed by atoms with Gasteiger partial charge in [0.1, 0.15) is 11.3 Å². The molecule has 4 nitrogen and oxygen atoms in total. The number of anilines is 1. The van der Waals surface area contributed by atoms with Gasteiger partial charge >= 0.3 is 12.1 Å². The van der Waals surface area contributed by atoms with Crippen molar-refractivity contribution < 1.29 is 31.9 Å². The number of carboxylic acids is 1. The summed E-state index contributed by atoms with van der Waals surface area (Å²) in [6, 6.07) is 0.388. The molecule has 0 fully saturated rings. The second-order valence-corrected chi connectivity index (χ2v) is 3.33. The summed E-state index contributed by atoms with van der Waals surface area (Å²) in [5.41, 5.74) is 0.564. The van der Waals surface area contributed by atoms with Crippen molar-refractivity contribution in [3.8, 4) is 0 Å². The highest BCUT2D eigenvalue weighted by Gasteiger charge is 2.38. The molecule has 1 aromatic rings. The van der Waals surface area contributed by atoms with Crippen molar-refractivity contribution in [2.45, 2.75) is 19.0 Å². The van der Waals surface area contributed by atoms with Gasteiger partial charge in [0.15, 0.2) is 0 Å². The molecule has 0 radical (unpaired) electrons. The standard InChI is InChI=1S/C9H7F5N2O2/c10-8(11)5-1-3(15)7(9(12,13)14)4(16-5)2-6(17)18/h1,8H,2H2,(H2,15,16)(H,17,18). The molecule has 0 aliphatic rings. The van der Waals surface area contributed by atoms with Gasteiger partial charge < -0.3 is 10.8 Å². The van der Waals surface area contributed by atoms with Gasteiger partial charge in [0.05, 0.1) is 12.1 Å². The molecular formula is C9H7F5N2O2.